The average molecular weight is 118 g/mol. The van der Waals surface area contributed by atoms with Gasteiger partial charge in [-0.15, -0.1) is 0 Å². The van der Waals surface area contributed by atoms with Gasteiger partial charge in [-0.05, 0) is 13.8 Å². The Hall–Kier alpha value is -0.500. The monoisotopic (exact) mass is 118 g/mol. The lowest BCUT2D eigenvalue weighted by atomic mass is 10.8. The third-order valence-corrected chi connectivity index (χ3v) is 0.408. The molecule has 0 saturated heterocycles. The molecule has 0 atom stereocenters. The Balaban J connectivity index is 0. The van der Waals surface area contributed by atoms with Gasteiger partial charge in [0.15, 0.2) is 0 Å². The van der Waals surface area contributed by atoms with Crippen molar-refractivity contribution in [1.29, 1.82) is 0 Å². The lowest BCUT2D eigenvalue weighted by Gasteiger charge is -1.86. The highest BCUT2D eigenvalue weighted by atomic mass is 16.5. The van der Waals surface area contributed by atoms with Crippen molar-refractivity contribution in [3.8, 4) is 0 Å². The molecule has 0 fully saturated rings. The molecule has 0 rings (SSSR count). The molecule has 0 amide bonds. The molecule has 0 aromatic rings. The second-order valence-electron chi connectivity index (χ2n) is 0.964. The fourth-order valence-electron chi connectivity index (χ4n) is 0.204. The molecule has 50 valence electrons. The van der Waals surface area contributed by atoms with Crippen LogP contribution in [0.2, 0.25) is 0 Å². The summed E-state index contributed by atoms with van der Waals surface area (Å²) in [6, 6.07) is 0. The van der Waals surface area contributed by atoms with E-state index >= 15 is 0 Å². The van der Waals surface area contributed by atoms with E-state index in [1.807, 2.05) is 13.8 Å². The largest absolute Gasteiger partial charge is 0.516 e. The normalized spacial score (nSPS) is 6.75. The summed E-state index contributed by atoms with van der Waals surface area (Å²) in [7, 11) is 0. The van der Waals surface area contributed by atoms with Crippen molar-refractivity contribution < 1.29 is 9.84 Å². The van der Waals surface area contributed by atoms with E-state index in [4.69, 9.17) is 9.84 Å². The van der Waals surface area contributed by atoms with Crippen molar-refractivity contribution in [3.63, 3.8) is 0 Å². The predicted octanol–water partition coefficient (Wildman–Crippen LogP) is 1.73. The summed E-state index contributed by atoms with van der Waals surface area (Å²) in [4.78, 5) is 0. The van der Waals surface area contributed by atoms with Crippen LogP contribution in [0.3, 0.4) is 0 Å². The highest BCUT2D eigenvalue weighted by Crippen LogP contribution is 1.64. The van der Waals surface area contributed by atoms with Crippen LogP contribution in [0.25, 0.3) is 0 Å². The number of ether oxygens (including phenoxy) is 1. The van der Waals surface area contributed by atoms with E-state index in [2.05, 4.69) is 6.58 Å². The van der Waals surface area contributed by atoms with Gasteiger partial charge in [-0.3, -0.25) is 0 Å². The first-order valence-corrected chi connectivity index (χ1v) is 2.66. The number of aliphatic hydroxyl groups excluding tert-OH is 1. The molecule has 0 heterocycles. The summed E-state index contributed by atoms with van der Waals surface area (Å²) < 4.78 is 4.83. The summed E-state index contributed by atoms with van der Waals surface area (Å²) in [5.74, 6) is 0. The van der Waals surface area contributed by atoms with Gasteiger partial charge in [0, 0.05) is 13.2 Å². The molecule has 0 aromatic carbocycles. The van der Waals surface area contributed by atoms with Crippen LogP contribution in [0.1, 0.15) is 13.8 Å². The van der Waals surface area contributed by atoms with E-state index in [9.17, 15) is 0 Å². The van der Waals surface area contributed by atoms with Crippen LogP contribution in [-0.2, 0) is 4.74 Å². The van der Waals surface area contributed by atoms with Crippen LogP contribution in [0.15, 0.2) is 12.8 Å². The van der Waals surface area contributed by atoms with Gasteiger partial charge in [0.25, 0.3) is 0 Å². The van der Waals surface area contributed by atoms with E-state index in [-0.39, 0.29) is 0 Å². The molecule has 8 heavy (non-hydrogen) atoms. The summed E-state index contributed by atoms with van der Waals surface area (Å²) in [6.45, 7) is 8.58. The first kappa shape index (κ1) is 10.5. The zero-order valence-corrected chi connectivity index (χ0v) is 5.55. The molecule has 0 unspecified atom stereocenters. The molecule has 2 heteroatoms. The van der Waals surface area contributed by atoms with Crippen molar-refractivity contribution in [2.45, 2.75) is 13.8 Å². The van der Waals surface area contributed by atoms with Crippen molar-refractivity contribution in [1.82, 2.24) is 0 Å². The minimum atomic E-state index is 0.750. The smallest absolute Gasteiger partial charge is 0.0719 e. The molecule has 1 N–H and O–H groups in total. The van der Waals surface area contributed by atoms with Crippen LogP contribution >= 0.6 is 0 Å². The molecule has 0 saturated carbocycles. The van der Waals surface area contributed by atoms with E-state index in [0.717, 1.165) is 19.5 Å². The molecule has 0 aliphatic heterocycles. The van der Waals surface area contributed by atoms with Crippen LogP contribution in [-0.4, -0.2) is 18.3 Å². The maximum atomic E-state index is 7.33. The molecule has 0 bridgehead atoms. The van der Waals surface area contributed by atoms with Crippen LogP contribution in [0.4, 0.5) is 0 Å². The maximum absolute atomic E-state index is 7.33. The first-order chi connectivity index (χ1) is 3.83. The van der Waals surface area contributed by atoms with E-state index in [0.29, 0.717) is 0 Å². The van der Waals surface area contributed by atoms with Crippen molar-refractivity contribution in [3.05, 3.63) is 12.8 Å². The minimum absolute atomic E-state index is 0.750. The van der Waals surface area contributed by atoms with E-state index in [1.54, 1.807) is 0 Å². The summed E-state index contributed by atoms with van der Waals surface area (Å²) in [6.07, 6.45) is 0.750. The predicted molar refractivity (Wildman–Crippen MR) is 35.0 cm³/mol. The van der Waals surface area contributed by atoms with Crippen LogP contribution in [0, 0.1) is 0 Å². The van der Waals surface area contributed by atoms with Crippen molar-refractivity contribution >= 4 is 0 Å². The highest BCUT2D eigenvalue weighted by Gasteiger charge is 1.64. The molecule has 0 radical (unpaired) electrons. The fraction of sp³-hybridized carbons (Fsp3) is 0.667. The fourth-order valence-corrected chi connectivity index (χ4v) is 0.204. The van der Waals surface area contributed by atoms with Gasteiger partial charge >= 0.3 is 0 Å². The van der Waals surface area contributed by atoms with E-state index < -0.39 is 0 Å². The van der Waals surface area contributed by atoms with Gasteiger partial charge < -0.3 is 9.84 Å². The van der Waals surface area contributed by atoms with Gasteiger partial charge in [0.05, 0.1) is 6.26 Å². The van der Waals surface area contributed by atoms with Gasteiger partial charge in [0.2, 0.25) is 0 Å². The Kier molecular flexibility index (Phi) is 21.0. The number of aliphatic hydroxyl groups is 1. The Labute approximate surface area is 50.8 Å². The van der Waals surface area contributed by atoms with Gasteiger partial charge in [-0.2, -0.15) is 0 Å². The summed E-state index contributed by atoms with van der Waals surface area (Å²) in [5, 5.41) is 7.33. The third-order valence-electron chi connectivity index (χ3n) is 0.408. The molecule has 0 spiro atoms. The zero-order chi connectivity index (χ0) is 6.83. The highest BCUT2D eigenvalue weighted by molar-refractivity contribution is 4.38. The molecule has 0 aliphatic rings. The number of hydrogen-bond acceptors (Lipinski definition) is 2. The maximum Gasteiger partial charge on any atom is 0.0719 e. The number of hydrogen-bond donors (Lipinski definition) is 1. The number of rotatable bonds is 2. The molecular formula is C6H14O2. The molecular weight excluding hydrogens is 104 g/mol. The quantitative estimate of drug-likeness (QED) is 0.559. The Morgan fingerprint density at radius 2 is 1.75 bits per heavy atom. The Morgan fingerprint density at radius 3 is 1.75 bits per heavy atom. The standard InChI is InChI=1S/C4H10O.C2H4O/c1-3-5-4-2;1-2-3/h3-4H2,1-2H3;2-3H,1H2. The average Bonchev–Trinajstić information content (AvgIpc) is 1.71. The van der Waals surface area contributed by atoms with Crippen molar-refractivity contribution in [2.24, 2.45) is 0 Å². The molecule has 0 aromatic heterocycles. The Morgan fingerprint density at radius 1 is 1.50 bits per heavy atom. The third kappa shape index (κ3) is 49.5. The zero-order valence-electron chi connectivity index (χ0n) is 5.55. The van der Waals surface area contributed by atoms with Gasteiger partial charge in [-0.25, -0.2) is 0 Å². The van der Waals surface area contributed by atoms with Crippen LogP contribution < -0.4 is 0 Å². The van der Waals surface area contributed by atoms with Crippen molar-refractivity contribution in [2.75, 3.05) is 13.2 Å². The van der Waals surface area contributed by atoms with Crippen LogP contribution in [0.5, 0.6) is 0 Å². The summed E-state index contributed by atoms with van der Waals surface area (Å²) >= 11 is 0. The first-order valence-electron chi connectivity index (χ1n) is 2.66. The topological polar surface area (TPSA) is 29.5 Å². The SMILES string of the molecule is C=CO.CCOCC. The molecule has 0 aliphatic carbocycles. The lowest BCUT2D eigenvalue weighted by Crippen LogP contribution is -1.84. The van der Waals surface area contributed by atoms with Gasteiger partial charge in [-0.1, -0.05) is 6.58 Å². The molecule has 2 nitrogen and oxygen atoms in total. The second kappa shape index (κ2) is 16.1. The Bertz CT molecular complexity index is 33.5. The summed E-state index contributed by atoms with van der Waals surface area (Å²) in [5.41, 5.74) is 0. The lowest BCUT2D eigenvalue weighted by molar-refractivity contribution is 0.162. The van der Waals surface area contributed by atoms with Gasteiger partial charge in [0.1, 0.15) is 0 Å². The van der Waals surface area contributed by atoms with E-state index in [1.165, 1.54) is 0 Å². The second-order valence-corrected chi connectivity index (χ2v) is 0.964. The minimum Gasteiger partial charge on any atom is -0.516 e.